The maximum Gasteiger partial charge on any atom is 0.191 e. The molecule has 0 spiro atoms. The summed E-state index contributed by atoms with van der Waals surface area (Å²) in [6, 6.07) is 4.27. The third-order valence-corrected chi connectivity index (χ3v) is 4.89. The highest BCUT2D eigenvalue weighted by Crippen LogP contribution is 2.15. The number of pyridine rings is 1. The summed E-state index contributed by atoms with van der Waals surface area (Å²) in [5.41, 5.74) is 1.23. The van der Waals surface area contributed by atoms with E-state index in [2.05, 4.69) is 63.3 Å². The van der Waals surface area contributed by atoms with Crippen molar-refractivity contribution in [1.82, 2.24) is 20.5 Å². The lowest BCUT2D eigenvalue weighted by Crippen LogP contribution is -2.46. The maximum atomic E-state index is 4.57. The minimum atomic E-state index is 0.751. The van der Waals surface area contributed by atoms with Gasteiger partial charge < -0.3 is 20.4 Å². The molecule has 2 N–H and O–H groups in total. The van der Waals surface area contributed by atoms with Gasteiger partial charge in [-0.3, -0.25) is 4.99 Å². The molecule has 6 heteroatoms. The van der Waals surface area contributed by atoms with Crippen molar-refractivity contribution in [3.8, 4) is 0 Å². The van der Waals surface area contributed by atoms with Crippen LogP contribution in [0.5, 0.6) is 0 Å². The van der Waals surface area contributed by atoms with Gasteiger partial charge in [0.05, 0.1) is 0 Å². The highest BCUT2D eigenvalue weighted by atomic mass is 15.3. The van der Waals surface area contributed by atoms with Gasteiger partial charge >= 0.3 is 0 Å². The van der Waals surface area contributed by atoms with Crippen molar-refractivity contribution in [2.45, 2.75) is 40.2 Å². The minimum absolute atomic E-state index is 0.751. The standard InChI is InChI=1S/C20H36N6/c1-5-25-11-13-26(14-12-25)19-15-18(8-10-22-19)16-24-20(21-4)23-9-6-7-17(2)3/h8,10,15,17H,5-7,9,11-14,16H2,1-4H3,(H2,21,23,24). The van der Waals surface area contributed by atoms with Crippen LogP contribution in [0.1, 0.15) is 39.2 Å². The van der Waals surface area contributed by atoms with Crippen LogP contribution in [-0.4, -0.2) is 62.2 Å². The normalized spacial score (nSPS) is 16.2. The van der Waals surface area contributed by atoms with Crippen molar-refractivity contribution >= 4 is 11.8 Å². The van der Waals surface area contributed by atoms with Crippen LogP contribution in [0.25, 0.3) is 0 Å². The number of aliphatic imine (C=N–C) groups is 1. The van der Waals surface area contributed by atoms with Crippen molar-refractivity contribution in [2.75, 3.05) is 51.2 Å². The van der Waals surface area contributed by atoms with Crippen LogP contribution >= 0.6 is 0 Å². The molecular weight excluding hydrogens is 324 g/mol. The molecule has 6 nitrogen and oxygen atoms in total. The molecule has 0 atom stereocenters. The molecule has 1 aromatic rings. The average Bonchev–Trinajstić information content (AvgIpc) is 2.67. The van der Waals surface area contributed by atoms with Crippen LogP contribution in [0.2, 0.25) is 0 Å². The van der Waals surface area contributed by atoms with E-state index in [1.807, 2.05) is 13.2 Å². The Morgan fingerprint density at radius 2 is 2.00 bits per heavy atom. The van der Waals surface area contributed by atoms with E-state index in [4.69, 9.17) is 0 Å². The van der Waals surface area contributed by atoms with Crippen molar-refractivity contribution < 1.29 is 0 Å². The summed E-state index contributed by atoms with van der Waals surface area (Å²) in [4.78, 5) is 13.8. The van der Waals surface area contributed by atoms with Crippen LogP contribution in [0.3, 0.4) is 0 Å². The lowest BCUT2D eigenvalue weighted by molar-refractivity contribution is 0.270. The Hall–Kier alpha value is -1.82. The van der Waals surface area contributed by atoms with Gasteiger partial charge in [-0.05, 0) is 43.0 Å². The predicted octanol–water partition coefficient (Wildman–Crippen LogP) is 2.32. The number of nitrogens with one attached hydrogen (secondary N) is 2. The quantitative estimate of drug-likeness (QED) is 0.423. The molecule has 0 radical (unpaired) electrons. The first-order valence-corrected chi connectivity index (χ1v) is 9.99. The first-order valence-electron chi connectivity index (χ1n) is 9.99. The van der Waals surface area contributed by atoms with Gasteiger partial charge in [-0.1, -0.05) is 20.8 Å². The monoisotopic (exact) mass is 360 g/mol. The Kier molecular flexibility index (Phi) is 8.68. The zero-order chi connectivity index (χ0) is 18.8. The summed E-state index contributed by atoms with van der Waals surface area (Å²) in [5.74, 6) is 2.70. The molecule has 26 heavy (non-hydrogen) atoms. The van der Waals surface area contributed by atoms with Gasteiger partial charge in [-0.15, -0.1) is 0 Å². The molecule has 1 aromatic heterocycles. The first kappa shape index (κ1) is 20.5. The number of guanidine groups is 1. The number of rotatable bonds is 8. The van der Waals surface area contributed by atoms with Gasteiger partial charge in [-0.25, -0.2) is 4.98 Å². The third-order valence-electron chi connectivity index (χ3n) is 4.89. The van der Waals surface area contributed by atoms with Gasteiger partial charge in [0.2, 0.25) is 0 Å². The lowest BCUT2D eigenvalue weighted by atomic mass is 10.1. The summed E-state index contributed by atoms with van der Waals surface area (Å²) in [7, 11) is 1.82. The number of hydrogen-bond donors (Lipinski definition) is 2. The van der Waals surface area contributed by atoms with Gasteiger partial charge in [0, 0.05) is 52.5 Å². The number of piperazine rings is 1. The Labute approximate surface area is 159 Å². The van der Waals surface area contributed by atoms with E-state index < -0.39 is 0 Å². The zero-order valence-electron chi connectivity index (χ0n) is 17.0. The van der Waals surface area contributed by atoms with Crippen LogP contribution < -0.4 is 15.5 Å². The molecule has 2 heterocycles. The zero-order valence-corrected chi connectivity index (χ0v) is 17.0. The Balaban J connectivity index is 1.80. The number of anilines is 1. The van der Waals surface area contributed by atoms with E-state index >= 15 is 0 Å². The predicted molar refractivity (Wildman–Crippen MR) is 111 cm³/mol. The molecule has 1 aliphatic rings. The number of likely N-dealkylation sites (N-methyl/N-ethyl adjacent to an activating group) is 1. The van der Waals surface area contributed by atoms with E-state index in [9.17, 15) is 0 Å². The average molecular weight is 361 g/mol. The summed E-state index contributed by atoms with van der Waals surface area (Å²) < 4.78 is 0. The largest absolute Gasteiger partial charge is 0.356 e. The SMILES string of the molecule is CCN1CCN(c2cc(CNC(=NC)NCCCC(C)C)ccn2)CC1. The molecule has 1 aliphatic heterocycles. The summed E-state index contributed by atoms with van der Waals surface area (Å²) >= 11 is 0. The summed E-state index contributed by atoms with van der Waals surface area (Å²) in [6.45, 7) is 13.9. The van der Waals surface area contributed by atoms with E-state index in [1.165, 1.54) is 18.4 Å². The topological polar surface area (TPSA) is 55.8 Å². The van der Waals surface area contributed by atoms with Crippen LogP contribution in [0.15, 0.2) is 23.3 Å². The molecular formula is C20H36N6. The molecule has 0 saturated carbocycles. The molecule has 0 bridgehead atoms. The molecule has 0 aliphatic carbocycles. The molecule has 0 amide bonds. The van der Waals surface area contributed by atoms with E-state index in [1.54, 1.807) is 0 Å². The van der Waals surface area contributed by atoms with Crippen molar-refractivity contribution in [2.24, 2.45) is 10.9 Å². The van der Waals surface area contributed by atoms with E-state index in [0.717, 1.165) is 63.5 Å². The smallest absolute Gasteiger partial charge is 0.191 e. The summed E-state index contributed by atoms with van der Waals surface area (Å²) in [6.07, 6.45) is 4.32. The van der Waals surface area contributed by atoms with Crippen LogP contribution in [0, 0.1) is 5.92 Å². The summed E-state index contributed by atoms with van der Waals surface area (Å²) in [5, 5.41) is 6.80. The molecule has 146 valence electrons. The molecule has 2 rings (SSSR count). The van der Waals surface area contributed by atoms with Gasteiger partial charge in [0.25, 0.3) is 0 Å². The second-order valence-electron chi connectivity index (χ2n) is 7.33. The number of hydrogen-bond acceptors (Lipinski definition) is 4. The fraction of sp³-hybridized carbons (Fsp3) is 0.700. The Morgan fingerprint density at radius 1 is 1.23 bits per heavy atom. The molecule has 1 saturated heterocycles. The number of aromatic nitrogens is 1. The number of nitrogens with zero attached hydrogens (tertiary/aromatic N) is 4. The highest BCUT2D eigenvalue weighted by Gasteiger charge is 2.16. The van der Waals surface area contributed by atoms with Gasteiger partial charge in [-0.2, -0.15) is 0 Å². The minimum Gasteiger partial charge on any atom is -0.356 e. The first-order chi connectivity index (χ1) is 12.6. The molecule has 0 aromatic carbocycles. The third kappa shape index (κ3) is 6.83. The lowest BCUT2D eigenvalue weighted by Gasteiger charge is -2.34. The van der Waals surface area contributed by atoms with E-state index in [0.29, 0.717) is 0 Å². The fourth-order valence-corrected chi connectivity index (χ4v) is 3.16. The molecule has 0 unspecified atom stereocenters. The van der Waals surface area contributed by atoms with Crippen LogP contribution in [0.4, 0.5) is 5.82 Å². The van der Waals surface area contributed by atoms with Gasteiger partial charge in [0.15, 0.2) is 5.96 Å². The van der Waals surface area contributed by atoms with Crippen molar-refractivity contribution in [3.05, 3.63) is 23.9 Å². The molecule has 1 fully saturated rings. The van der Waals surface area contributed by atoms with E-state index in [-0.39, 0.29) is 0 Å². The highest BCUT2D eigenvalue weighted by molar-refractivity contribution is 5.79. The van der Waals surface area contributed by atoms with Gasteiger partial charge in [0.1, 0.15) is 5.82 Å². The maximum absolute atomic E-state index is 4.57. The van der Waals surface area contributed by atoms with Crippen molar-refractivity contribution in [1.29, 1.82) is 0 Å². The second kappa shape index (κ2) is 11.0. The van der Waals surface area contributed by atoms with Crippen molar-refractivity contribution in [3.63, 3.8) is 0 Å². The van der Waals surface area contributed by atoms with Crippen LogP contribution in [-0.2, 0) is 6.54 Å². The Bertz CT molecular complexity index is 549. The second-order valence-corrected chi connectivity index (χ2v) is 7.33. The fourth-order valence-electron chi connectivity index (χ4n) is 3.16. The Morgan fingerprint density at radius 3 is 2.65 bits per heavy atom.